The zero-order chi connectivity index (χ0) is 25.2. The maximum atomic E-state index is 12.3. The van der Waals surface area contributed by atoms with Crippen molar-refractivity contribution in [1.29, 1.82) is 5.26 Å². The number of nitrogens with one attached hydrogen (secondary N) is 1. The van der Waals surface area contributed by atoms with E-state index in [1.54, 1.807) is 18.2 Å². The van der Waals surface area contributed by atoms with Gasteiger partial charge in [0.15, 0.2) is 0 Å². The van der Waals surface area contributed by atoms with Gasteiger partial charge in [0.2, 0.25) is 15.8 Å². The van der Waals surface area contributed by atoms with E-state index in [0.29, 0.717) is 35.1 Å². The predicted octanol–water partition coefficient (Wildman–Crippen LogP) is 4.67. The Labute approximate surface area is 206 Å². The smallest absolute Gasteiger partial charge is 0.258 e. The van der Waals surface area contributed by atoms with Crippen LogP contribution >= 0.6 is 0 Å². The highest BCUT2D eigenvalue weighted by Gasteiger charge is 2.28. The monoisotopic (exact) mass is 494 g/mol. The number of aromatic nitrogens is 2. The first-order valence-corrected chi connectivity index (χ1v) is 13.5. The lowest BCUT2D eigenvalue weighted by atomic mass is 9.98. The quantitative estimate of drug-likeness (QED) is 0.459. The van der Waals surface area contributed by atoms with Crippen LogP contribution in [0.25, 0.3) is 22.8 Å². The molecule has 0 spiro atoms. The van der Waals surface area contributed by atoms with Crippen molar-refractivity contribution in [3.63, 3.8) is 0 Å². The fourth-order valence-electron chi connectivity index (χ4n) is 4.44. The standard InChI is InChI=1S/C26H30N4O4S/c1-16(2)15-35(31,32)28-14-19-8-10-22-21(19)6-5-7-23(22)25-29-26(34-30-25)18-9-11-24(33-17(3)4)20(12-18)13-27/h5-7,9,11-12,16-17,19,28H,8,10,14-15H2,1-4H3. The van der Waals surface area contributed by atoms with Gasteiger partial charge in [-0.25, -0.2) is 13.1 Å². The van der Waals surface area contributed by atoms with E-state index >= 15 is 0 Å². The van der Waals surface area contributed by atoms with Crippen LogP contribution in [0.1, 0.15) is 56.7 Å². The predicted molar refractivity (Wildman–Crippen MR) is 133 cm³/mol. The maximum absolute atomic E-state index is 12.3. The molecule has 1 aliphatic carbocycles. The lowest BCUT2D eigenvalue weighted by Gasteiger charge is -2.14. The Morgan fingerprint density at radius 1 is 1.23 bits per heavy atom. The van der Waals surface area contributed by atoms with Gasteiger partial charge in [-0.2, -0.15) is 10.2 Å². The molecule has 8 nitrogen and oxygen atoms in total. The Hall–Kier alpha value is -3.22. The van der Waals surface area contributed by atoms with Gasteiger partial charge in [-0.1, -0.05) is 37.2 Å². The summed E-state index contributed by atoms with van der Waals surface area (Å²) in [5.74, 6) is 1.61. The number of ether oxygens (including phenoxy) is 1. The van der Waals surface area contributed by atoms with Crippen LogP contribution in [0, 0.1) is 17.2 Å². The Balaban J connectivity index is 1.56. The molecule has 0 aliphatic heterocycles. The normalized spacial score (nSPS) is 15.4. The summed E-state index contributed by atoms with van der Waals surface area (Å²) in [6.45, 7) is 7.98. The summed E-state index contributed by atoms with van der Waals surface area (Å²) >= 11 is 0. The summed E-state index contributed by atoms with van der Waals surface area (Å²) in [6, 6.07) is 13.3. The van der Waals surface area contributed by atoms with Crippen LogP contribution in [0.15, 0.2) is 40.9 Å². The lowest BCUT2D eigenvalue weighted by Crippen LogP contribution is -2.31. The van der Waals surface area contributed by atoms with Gasteiger partial charge >= 0.3 is 0 Å². The summed E-state index contributed by atoms with van der Waals surface area (Å²) in [5.41, 5.74) is 4.15. The topological polar surface area (TPSA) is 118 Å². The first-order chi connectivity index (χ1) is 16.7. The Bertz CT molecular complexity index is 1360. The molecule has 1 N–H and O–H groups in total. The Morgan fingerprint density at radius 3 is 2.74 bits per heavy atom. The van der Waals surface area contributed by atoms with Crippen molar-refractivity contribution < 1.29 is 17.7 Å². The van der Waals surface area contributed by atoms with Gasteiger partial charge in [-0.3, -0.25) is 0 Å². The Kier molecular flexibility index (Phi) is 7.24. The molecule has 2 aromatic carbocycles. The average Bonchev–Trinajstić information content (AvgIpc) is 3.44. The van der Waals surface area contributed by atoms with E-state index in [0.717, 1.165) is 29.5 Å². The number of hydrogen-bond donors (Lipinski definition) is 1. The number of fused-ring (bicyclic) bond motifs is 1. The number of benzene rings is 2. The number of rotatable bonds is 9. The minimum absolute atomic E-state index is 0.0440. The maximum Gasteiger partial charge on any atom is 0.258 e. The highest BCUT2D eigenvalue weighted by atomic mass is 32.2. The molecule has 3 aromatic rings. The molecular formula is C26H30N4O4S. The second-order valence-corrected chi connectivity index (χ2v) is 11.4. The number of nitrogens with zero attached hydrogens (tertiary/aromatic N) is 3. The Morgan fingerprint density at radius 2 is 2.03 bits per heavy atom. The summed E-state index contributed by atoms with van der Waals surface area (Å²) in [4.78, 5) is 4.60. The van der Waals surface area contributed by atoms with E-state index in [1.165, 1.54) is 0 Å². The first kappa shape index (κ1) is 24.9. The van der Waals surface area contributed by atoms with Crippen LogP contribution < -0.4 is 9.46 Å². The molecule has 0 fully saturated rings. The molecule has 4 rings (SSSR count). The third-order valence-corrected chi connectivity index (χ3v) is 7.59. The van der Waals surface area contributed by atoms with Gasteiger partial charge in [0.05, 0.1) is 17.4 Å². The van der Waals surface area contributed by atoms with Gasteiger partial charge in [-0.15, -0.1) is 0 Å². The molecular weight excluding hydrogens is 464 g/mol. The zero-order valence-electron chi connectivity index (χ0n) is 20.4. The van der Waals surface area contributed by atoms with Crippen LogP contribution in [-0.2, 0) is 16.4 Å². The molecule has 1 atom stereocenters. The van der Waals surface area contributed by atoms with Crippen molar-refractivity contribution in [2.24, 2.45) is 5.92 Å². The van der Waals surface area contributed by atoms with Crippen molar-refractivity contribution in [1.82, 2.24) is 14.9 Å². The molecule has 1 aromatic heterocycles. The second-order valence-electron chi connectivity index (χ2n) is 9.55. The molecule has 0 saturated carbocycles. The van der Waals surface area contributed by atoms with Gasteiger partial charge < -0.3 is 9.26 Å². The van der Waals surface area contributed by atoms with Crippen molar-refractivity contribution in [2.75, 3.05) is 12.3 Å². The van der Waals surface area contributed by atoms with E-state index in [4.69, 9.17) is 9.26 Å². The molecule has 9 heteroatoms. The van der Waals surface area contributed by atoms with E-state index in [2.05, 4.69) is 20.9 Å². The number of hydrogen-bond acceptors (Lipinski definition) is 7. The summed E-state index contributed by atoms with van der Waals surface area (Å²) < 4.78 is 38.6. The first-order valence-electron chi connectivity index (χ1n) is 11.8. The second kappa shape index (κ2) is 10.2. The molecule has 0 amide bonds. The van der Waals surface area contributed by atoms with Crippen molar-refractivity contribution in [3.05, 3.63) is 53.1 Å². The molecule has 1 unspecified atom stereocenters. The highest BCUT2D eigenvalue weighted by molar-refractivity contribution is 7.89. The van der Waals surface area contributed by atoms with Crippen molar-refractivity contribution in [2.45, 2.75) is 52.6 Å². The van der Waals surface area contributed by atoms with Crippen LogP contribution in [0.5, 0.6) is 5.75 Å². The summed E-state index contributed by atoms with van der Waals surface area (Å²) in [7, 11) is -3.30. The number of sulfonamides is 1. The van der Waals surface area contributed by atoms with Gasteiger partial charge in [0.1, 0.15) is 11.8 Å². The van der Waals surface area contributed by atoms with Gasteiger partial charge in [0.25, 0.3) is 5.89 Å². The summed E-state index contributed by atoms with van der Waals surface area (Å²) in [5, 5.41) is 13.7. The van der Waals surface area contributed by atoms with E-state index in [9.17, 15) is 13.7 Å². The van der Waals surface area contributed by atoms with Crippen LogP contribution in [0.4, 0.5) is 0 Å². The van der Waals surface area contributed by atoms with Crippen molar-refractivity contribution in [3.8, 4) is 34.7 Å². The molecule has 184 valence electrons. The fourth-order valence-corrected chi connectivity index (χ4v) is 5.89. The third kappa shape index (κ3) is 5.72. The average molecular weight is 495 g/mol. The number of nitriles is 1. The minimum atomic E-state index is -3.30. The third-order valence-electron chi connectivity index (χ3n) is 5.87. The van der Waals surface area contributed by atoms with E-state index in [-0.39, 0.29) is 23.7 Å². The van der Waals surface area contributed by atoms with Crippen LogP contribution in [-0.4, -0.2) is 37.0 Å². The zero-order valence-corrected chi connectivity index (χ0v) is 21.2. The van der Waals surface area contributed by atoms with E-state index in [1.807, 2.05) is 45.9 Å². The van der Waals surface area contributed by atoms with Crippen LogP contribution in [0.3, 0.4) is 0 Å². The largest absolute Gasteiger partial charge is 0.490 e. The summed E-state index contributed by atoms with van der Waals surface area (Å²) in [6.07, 6.45) is 1.62. The lowest BCUT2D eigenvalue weighted by molar-refractivity contribution is 0.241. The highest BCUT2D eigenvalue weighted by Crippen LogP contribution is 2.38. The van der Waals surface area contributed by atoms with Crippen molar-refractivity contribution >= 4 is 10.0 Å². The fraction of sp³-hybridized carbons (Fsp3) is 0.423. The van der Waals surface area contributed by atoms with Gasteiger partial charge in [0, 0.05) is 17.7 Å². The molecule has 0 saturated heterocycles. The molecule has 1 aliphatic rings. The van der Waals surface area contributed by atoms with Crippen LogP contribution in [0.2, 0.25) is 0 Å². The SMILES string of the molecule is CC(C)CS(=O)(=O)NCC1CCc2c(-c3noc(-c4ccc(OC(C)C)c(C#N)c4)n3)cccc21. The van der Waals surface area contributed by atoms with E-state index < -0.39 is 10.0 Å². The molecule has 35 heavy (non-hydrogen) atoms. The molecule has 1 heterocycles. The molecule has 0 bridgehead atoms. The van der Waals surface area contributed by atoms with Gasteiger partial charge in [-0.05, 0) is 67.9 Å². The molecule has 0 radical (unpaired) electrons. The minimum Gasteiger partial charge on any atom is -0.490 e.